The highest BCUT2D eigenvalue weighted by molar-refractivity contribution is 7.94. The van der Waals surface area contributed by atoms with Crippen LogP contribution in [0.1, 0.15) is 6.92 Å². The van der Waals surface area contributed by atoms with Crippen molar-refractivity contribution in [3.05, 3.63) is 24.3 Å². The van der Waals surface area contributed by atoms with Crippen LogP contribution in [0, 0.1) is 0 Å². The summed E-state index contributed by atoms with van der Waals surface area (Å²) < 4.78 is 28.7. The molecule has 1 unspecified atom stereocenters. The Morgan fingerprint density at radius 2 is 2.12 bits per heavy atom. The molecule has 2 aromatic rings. The molecular formula is C10H10ClNO2S2. The van der Waals surface area contributed by atoms with Gasteiger partial charge in [0.15, 0.2) is 9.84 Å². The largest absolute Gasteiger partial charge is 0.222 e. The van der Waals surface area contributed by atoms with Gasteiger partial charge in [-0.2, -0.15) is 4.37 Å². The lowest BCUT2D eigenvalue weighted by Crippen LogP contribution is -2.18. The number of sulfone groups is 1. The highest BCUT2D eigenvalue weighted by Crippen LogP contribution is 2.29. The second-order valence-corrected chi connectivity index (χ2v) is 7.14. The number of fused-ring (bicyclic) bond motifs is 1. The van der Waals surface area contributed by atoms with Crippen molar-refractivity contribution < 1.29 is 8.42 Å². The van der Waals surface area contributed by atoms with Crippen molar-refractivity contribution in [2.45, 2.75) is 16.4 Å². The fourth-order valence-corrected chi connectivity index (χ4v) is 4.48. The Morgan fingerprint density at radius 1 is 1.44 bits per heavy atom. The molecule has 0 radical (unpaired) electrons. The van der Waals surface area contributed by atoms with E-state index in [4.69, 9.17) is 11.6 Å². The third kappa shape index (κ3) is 1.83. The van der Waals surface area contributed by atoms with E-state index >= 15 is 0 Å². The van der Waals surface area contributed by atoms with Crippen molar-refractivity contribution in [1.82, 2.24) is 4.37 Å². The van der Waals surface area contributed by atoms with Crippen LogP contribution in [-0.4, -0.2) is 23.9 Å². The summed E-state index contributed by atoms with van der Waals surface area (Å²) in [7, 11) is -3.35. The summed E-state index contributed by atoms with van der Waals surface area (Å²) in [6.07, 6.45) is 0. The van der Waals surface area contributed by atoms with Gasteiger partial charge in [0.2, 0.25) is 0 Å². The first kappa shape index (κ1) is 11.8. The van der Waals surface area contributed by atoms with Gasteiger partial charge in [0, 0.05) is 11.3 Å². The molecule has 16 heavy (non-hydrogen) atoms. The third-order valence-corrected chi connectivity index (χ3v) is 6.56. The number of alkyl halides is 1. The van der Waals surface area contributed by atoms with E-state index < -0.39 is 15.1 Å². The van der Waals surface area contributed by atoms with Crippen LogP contribution in [0.2, 0.25) is 0 Å². The summed E-state index contributed by atoms with van der Waals surface area (Å²) in [6.45, 7) is 1.61. The Labute approximate surface area is 103 Å². The Balaban J connectivity index is 2.65. The minimum Gasteiger partial charge on any atom is -0.222 e. The smallest absolute Gasteiger partial charge is 0.193 e. The van der Waals surface area contributed by atoms with Gasteiger partial charge in [0.05, 0.1) is 10.8 Å². The van der Waals surface area contributed by atoms with Crippen molar-refractivity contribution in [2.24, 2.45) is 0 Å². The van der Waals surface area contributed by atoms with Gasteiger partial charge in [-0.25, -0.2) is 8.42 Å². The number of aromatic nitrogens is 1. The van der Waals surface area contributed by atoms with Gasteiger partial charge < -0.3 is 0 Å². The number of benzene rings is 1. The first-order valence-electron chi connectivity index (χ1n) is 4.71. The lowest BCUT2D eigenvalue weighted by Gasteiger charge is -2.07. The Morgan fingerprint density at radius 3 is 2.81 bits per heavy atom. The zero-order valence-electron chi connectivity index (χ0n) is 8.55. The molecular weight excluding hydrogens is 266 g/mol. The van der Waals surface area contributed by atoms with E-state index in [1.54, 1.807) is 25.1 Å². The molecule has 0 aliphatic rings. The summed E-state index contributed by atoms with van der Waals surface area (Å²) in [6, 6.07) is 7.22. The number of rotatable bonds is 3. The second kappa shape index (κ2) is 4.31. The van der Waals surface area contributed by atoms with E-state index in [2.05, 4.69) is 4.37 Å². The molecule has 0 fully saturated rings. The van der Waals surface area contributed by atoms with Gasteiger partial charge in [0.1, 0.15) is 4.21 Å². The van der Waals surface area contributed by atoms with Crippen molar-refractivity contribution in [3.8, 4) is 0 Å². The summed E-state index contributed by atoms with van der Waals surface area (Å²) in [5.74, 6) is 0.0918. The summed E-state index contributed by atoms with van der Waals surface area (Å²) in [5, 5.41) is 0.0995. The van der Waals surface area contributed by atoms with Gasteiger partial charge >= 0.3 is 0 Å². The first-order valence-corrected chi connectivity index (χ1v) is 7.57. The van der Waals surface area contributed by atoms with E-state index in [9.17, 15) is 8.42 Å². The number of halogens is 1. The molecule has 1 aromatic heterocycles. The highest BCUT2D eigenvalue weighted by Gasteiger charge is 2.26. The summed E-state index contributed by atoms with van der Waals surface area (Å²) in [5.41, 5.74) is 0.716. The van der Waals surface area contributed by atoms with Crippen LogP contribution >= 0.6 is 23.1 Å². The quantitative estimate of drug-likeness (QED) is 0.809. The zero-order chi connectivity index (χ0) is 11.8. The van der Waals surface area contributed by atoms with Crippen LogP contribution in [-0.2, 0) is 9.84 Å². The molecule has 2 rings (SSSR count). The van der Waals surface area contributed by atoms with Gasteiger partial charge in [-0.05, 0) is 24.5 Å². The molecule has 6 heteroatoms. The van der Waals surface area contributed by atoms with Crippen LogP contribution < -0.4 is 0 Å². The average molecular weight is 276 g/mol. The fraction of sp³-hybridized carbons (Fsp3) is 0.300. The molecule has 3 nitrogen and oxygen atoms in total. The summed E-state index contributed by atoms with van der Waals surface area (Å²) in [4.78, 5) is 0. The first-order chi connectivity index (χ1) is 7.57. The average Bonchev–Trinajstić information content (AvgIpc) is 2.72. The van der Waals surface area contributed by atoms with Crippen LogP contribution in [0.3, 0.4) is 0 Å². The van der Waals surface area contributed by atoms with E-state index in [1.807, 2.05) is 6.07 Å². The Kier molecular flexibility index (Phi) is 3.19. The molecule has 0 saturated heterocycles. The second-order valence-electron chi connectivity index (χ2n) is 3.50. The van der Waals surface area contributed by atoms with Gasteiger partial charge in [-0.15, -0.1) is 11.6 Å². The summed E-state index contributed by atoms with van der Waals surface area (Å²) >= 11 is 6.63. The lowest BCUT2D eigenvalue weighted by molar-refractivity contribution is 0.590. The topological polar surface area (TPSA) is 47.0 Å². The van der Waals surface area contributed by atoms with Crippen LogP contribution in [0.25, 0.3) is 10.9 Å². The maximum absolute atomic E-state index is 12.1. The predicted octanol–water partition coefficient (Wildman–Crippen LogP) is 2.70. The predicted molar refractivity (Wildman–Crippen MR) is 67.0 cm³/mol. The van der Waals surface area contributed by atoms with Crippen LogP contribution in [0.5, 0.6) is 0 Å². The SMILES string of the molecule is CC(CCl)S(=O)(=O)c1snc2ccccc12. The molecule has 1 atom stereocenters. The fourth-order valence-electron chi connectivity index (χ4n) is 1.34. The van der Waals surface area contributed by atoms with Crippen LogP contribution in [0.4, 0.5) is 0 Å². The zero-order valence-corrected chi connectivity index (χ0v) is 10.9. The van der Waals surface area contributed by atoms with E-state index in [0.29, 0.717) is 15.1 Å². The number of hydrogen-bond donors (Lipinski definition) is 0. The van der Waals surface area contributed by atoms with Crippen molar-refractivity contribution in [3.63, 3.8) is 0 Å². The molecule has 0 spiro atoms. The van der Waals surface area contributed by atoms with E-state index in [1.165, 1.54) is 0 Å². The van der Waals surface area contributed by atoms with Gasteiger partial charge in [-0.3, -0.25) is 0 Å². The molecule has 0 N–H and O–H groups in total. The molecule has 0 saturated carbocycles. The molecule has 86 valence electrons. The molecule has 0 aliphatic heterocycles. The minimum atomic E-state index is -3.35. The van der Waals surface area contributed by atoms with Gasteiger partial charge in [0.25, 0.3) is 0 Å². The van der Waals surface area contributed by atoms with Gasteiger partial charge in [-0.1, -0.05) is 18.2 Å². The maximum Gasteiger partial charge on any atom is 0.193 e. The Bertz CT molecular complexity index is 606. The molecule has 1 aromatic carbocycles. The van der Waals surface area contributed by atoms with E-state index in [-0.39, 0.29) is 5.88 Å². The normalized spacial score (nSPS) is 14.1. The van der Waals surface area contributed by atoms with Crippen LogP contribution in [0.15, 0.2) is 28.5 Å². The van der Waals surface area contributed by atoms with Crippen molar-refractivity contribution in [1.29, 1.82) is 0 Å². The molecule has 0 aliphatic carbocycles. The number of hydrogen-bond acceptors (Lipinski definition) is 4. The maximum atomic E-state index is 12.1. The monoisotopic (exact) mass is 275 g/mol. The standard InChI is InChI=1S/C10H10ClNO2S2/c1-7(6-11)16(13,14)10-8-4-2-3-5-9(8)12-15-10/h2-5,7H,6H2,1H3. The highest BCUT2D eigenvalue weighted by atomic mass is 35.5. The third-order valence-electron chi connectivity index (χ3n) is 2.36. The molecule has 1 heterocycles. The molecule has 0 amide bonds. The molecule has 0 bridgehead atoms. The minimum absolute atomic E-state index is 0.0918. The van der Waals surface area contributed by atoms with Crippen molar-refractivity contribution >= 4 is 43.9 Å². The number of nitrogens with zero attached hydrogens (tertiary/aromatic N) is 1. The Hall–Kier alpha value is -0.650. The van der Waals surface area contributed by atoms with Crippen molar-refractivity contribution in [2.75, 3.05) is 5.88 Å². The van der Waals surface area contributed by atoms with E-state index in [0.717, 1.165) is 11.5 Å². The lowest BCUT2D eigenvalue weighted by atomic mass is 10.3.